The van der Waals surface area contributed by atoms with Crippen LogP contribution in [0, 0.1) is 5.92 Å². The molecule has 1 aromatic rings. The molecule has 0 saturated heterocycles. The number of ether oxygens (including phenoxy) is 1. The molecule has 7 heteroatoms. The first kappa shape index (κ1) is 19.0. The van der Waals surface area contributed by atoms with E-state index >= 15 is 0 Å². The maximum absolute atomic E-state index is 12.7. The van der Waals surface area contributed by atoms with E-state index in [1.165, 1.54) is 24.3 Å². The van der Waals surface area contributed by atoms with Crippen molar-refractivity contribution in [2.75, 3.05) is 0 Å². The van der Waals surface area contributed by atoms with Gasteiger partial charge in [0.2, 0.25) is 0 Å². The van der Waals surface area contributed by atoms with Gasteiger partial charge in [0.25, 0.3) is 0 Å². The van der Waals surface area contributed by atoms with Crippen molar-refractivity contribution in [3.05, 3.63) is 29.8 Å². The summed E-state index contributed by atoms with van der Waals surface area (Å²) >= 11 is 0. The maximum atomic E-state index is 12.7. The summed E-state index contributed by atoms with van der Waals surface area (Å²) in [6, 6.07) is 5.22. The minimum absolute atomic E-state index is 0. The highest BCUT2D eigenvalue weighted by Gasteiger charge is 2.43. The van der Waals surface area contributed by atoms with Gasteiger partial charge in [0.05, 0.1) is 0 Å². The van der Waals surface area contributed by atoms with Gasteiger partial charge in [-0.15, -0.1) is 12.4 Å². The fraction of sp³-hybridized carbons (Fsp3) is 0.538. The lowest BCUT2D eigenvalue weighted by atomic mass is 9.93. The average molecular weight is 316 g/mol. The second-order valence-corrected chi connectivity index (χ2v) is 4.44. The number of halogens is 5. The molecule has 0 fully saturated rings. The summed E-state index contributed by atoms with van der Waals surface area (Å²) < 4.78 is 53.2. The zero-order valence-corrected chi connectivity index (χ0v) is 12.0. The smallest absolute Gasteiger partial charge is 0.428 e. The summed E-state index contributed by atoms with van der Waals surface area (Å²) in [6.07, 6.45) is -7.47. The van der Waals surface area contributed by atoms with Gasteiger partial charge in [-0.2, -0.15) is 17.6 Å². The highest BCUT2D eigenvalue weighted by Crippen LogP contribution is 2.29. The van der Waals surface area contributed by atoms with Crippen molar-refractivity contribution in [3.8, 4) is 5.75 Å². The molecule has 1 aromatic carbocycles. The van der Waals surface area contributed by atoms with E-state index in [0.717, 1.165) is 12.0 Å². The maximum Gasteiger partial charge on any atom is 0.461 e. The fourth-order valence-electron chi connectivity index (χ4n) is 1.54. The molecule has 0 aliphatic carbocycles. The van der Waals surface area contributed by atoms with Crippen molar-refractivity contribution < 1.29 is 22.3 Å². The zero-order chi connectivity index (χ0) is 14.6. The normalized spacial score (nSPS) is 14.6. The third-order valence-electron chi connectivity index (χ3n) is 3.03. The van der Waals surface area contributed by atoms with Gasteiger partial charge in [0.1, 0.15) is 5.75 Å². The number of nitrogens with two attached hydrogens (primary N) is 1. The summed E-state index contributed by atoms with van der Waals surface area (Å²) in [5.74, 6) is -0.0836. The molecule has 0 bridgehead atoms. The molecule has 0 aliphatic heterocycles. The van der Waals surface area contributed by atoms with Crippen LogP contribution >= 0.6 is 12.4 Å². The molecule has 0 amide bonds. The van der Waals surface area contributed by atoms with Crippen molar-refractivity contribution in [2.45, 2.75) is 38.8 Å². The molecule has 0 aromatic heterocycles. The Morgan fingerprint density at radius 2 is 1.70 bits per heavy atom. The van der Waals surface area contributed by atoms with Crippen LogP contribution in [0.5, 0.6) is 5.75 Å². The second kappa shape index (κ2) is 7.69. The summed E-state index contributed by atoms with van der Waals surface area (Å²) in [4.78, 5) is 0. The van der Waals surface area contributed by atoms with E-state index in [1.54, 1.807) is 0 Å². The highest BCUT2D eigenvalue weighted by molar-refractivity contribution is 5.85. The summed E-state index contributed by atoms with van der Waals surface area (Å²) in [6.45, 7) is 3.96. The number of hydrogen-bond acceptors (Lipinski definition) is 2. The number of rotatable bonds is 6. The van der Waals surface area contributed by atoms with Gasteiger partial charge >= 0.3 is 12.5 Å². The van der Waals surface area contributed by atoms with Gasteiger partial charge in [-0.25, -0.2) is 0 Å². The fourth-order valence-corrected chi connectivity index (χ4v) is 1.54. The lowest BCUT2D eigenvalue weighted by Gasteiger charge is -2.20. The number of alkyl halides is 4. The monoisotopic (exact) mass is 315 g/mol. The molecule has 1 rings (SSSR count). The quantitative estimate of drug-likeness (QED) is 0.790. The van der Waals surface area contributed by atoms with Crippen LogP contribution in [0.4, 0.5) is 17.6 Å². The molecule has 2 nitrogen and oxygen atoms in total. The van der Waals surface area contributed by atoms with Crippen LogP contribution in [0.25, 0.3) is 0 Å². The Labute approximate surface area is 121 Å². The second-order valence-electron chi connectivity index (χ2n) is 4.44. The summed E-state index contributed by atoms with van der Waals surface area (Å²) in [5.41, 5.74) is 6.72. The summed E-state index contributed by atoms with van der Waals surface area (Å²) in [7, 11) is 0. The Balaban J connectivity index is 0.00000361. The molecule has 0 spiro atoms. The van der Waals surface area contributed by atoms with Crippen LogP contribution in [0.15, 0.2) is 24.3 Å². The van der Waals surface area contributed by atoms with Gasteiger partial charge < -0.3 is 10.5 Å². The van der Waals surface area contributed by atoms with Crippen molar-refractivity contribution in [3.63, 3.8) is 0 Å². The molecule has 0 saturated carbocycles. The number of hydrogen-bond donors (Lipinski definition) is 1. The molecule has 0 aliphatic rings. The molecule has 116 valence electrons. The Kier molecular flexibility index (Phi) is 7.30. The minimum atomic E-state index is -4.49. The van der Waals surface area contributed by atoms with Crippen LogP contribution in [-0.2, 0) is 0 Å². The Bertz CT molecular complexity index is 400. The van der Waals surface area contributed by atoms with E-state index in [4.69, 9.17) is 5.73 Å². The molecule has 1 unspecified atom stereocenters. The SMILES string of the molecule is CCC(C)[C@@H](N)c1ccc(OC(F)(F)C(F)F)cc1.Cl. The molecule has 2 N–H and O–H groups in total. The lowest BCUT2D eigenvalue weighted by Crippen LogP contribution is -2.33. The average Bonchev–Trinajstić information content (AvgIpc) is 2.37. The van der Waals surface area contributed by atoms with Crippen LogP contribution in [-0.4, -0.2) is 12.5 Å². The number of benzene rings is 1. The lowest BCUT2D eigenvalue weighted by molar-refractivity contribution is -0.253. The third kappa shape index (κ3) is 4.83. The Morgan fingerprint density at radius 3 is 2.10 bits per heavy atom. The van der Waals surface area contributed by atoms with Crippen molar-refractivity contribution in [1.29, 1.82) is 0 Å². The molecule has 20 heavy (non-hydrogen) atoms. The topological polar surface area (TPSA) is 35.2 Å². The van der Waals surface area contributed by atoms with Gasteiger partial charge in [0.15, 0.2) is 0 Å². The van der Waals surface area contributed by atoms with E-state index in [-0.39, 0.29) is 30.1 Å². The predicted molar refractivity (Wildman–Crippen MR) is 71.7 cm³/mol. The van der Waals surface area contributed by atoms with Gasteiger partial charge in [-0.3, -0.25) is 0 Å². The summed E-state index contributed by atoms with van der Waals surface area (Å²) in [5, 5.41) is 0. The van der Waals surface area contributed by atoms with Gasteiger partial charge in [-0.1, -0.05) is 32.4 Å². The highest BCUT2D eigenvalue weighted by atomic mass is 35.5. The standard InChI is InChI=1S/C13H17F4NO.ClH/c1-3-8(2)11(18)9-4-6-10(7-5-9)19-13(16,17)12(14)15;/h4-8,11-12H,3,18H2,1-2H3;1H/t8?,11-;/m1./s1. The van der Waals surface area contributed by atoms with E-state index < -0.39 is 12.5 Å². The Morgan fingerprint density at radius 1 is 1.20 bits per heavy atom. The van der Waals surface area contributed by atoms with E-state index in [1.807, 2.05) is 13.8 Å². The van der Waals surface area contributed by atoms with E-state index in [9.17, 15) is 17.6 Å². The van der Waals surface area contributed by atoms with Crippen LogP contribution in [0.1, 0.15) is 31.9 Å². The van der Waals surface area contributed by atoms with Crippen LogP contribution < -0.4 is 10.5 Å². The van der Waals surface area contributed by atoms with Crippen molar-refractivity contribution >= 4 is 12.4 Å². The third-order valence-corrected chi connectivity index (χ3v) is 3.03. The van der Waals surface area contributed by atoms with E-state index in [2.05, 4.69) is 4.74 Å². The molecular weight excluding hydrogens is 298 g/mol. The first-order valence-corrected chi connectivity index (χ1v) is 5.98. The molecular formula is C13H18ClF4NO. The van der Waals surface area contributed by atoms with Gasteiger partial charge in [-0.05, 0) is 23.6 Å². The van der Waals surface area contributed by atoms with Crippen LogP contribution in [0.3, 0.4) is 0 Å². The predicted octanol–water partition coefficient (Wildman–Crippen LogP) is 4.39. The zero-order valence-electron chi connectivity index (χ0n) is 11.2. The molecule has 0 heterocycles. The first-order valence-electron chi connectivity index (χ1n) is 5.98. The van der Waals surface area contributed by atoms with Crippen molar-refractivity contribution in [1.82, 2.24) is 0 Å². The largest absolute Gasteiger partial charge is 0.461 e. The van der Waals surface area contributed by atoms with Crippen molar-refractivity contribution in [2.24, 2.45) is 11.7 Å². The van der Waals surface area contributed by atoms with Gasteiger partial charge in [0, 0.05) is 6.04 Å². The minimum Gasteiger partial charge on any atom is -0.428 e. The van der Waals surface area contributed by atoms with E-state index in [0.29, 0.717) is 0 Å². The Hall–Kier alpha value is -1.01. The molecule has 2 atom stereocenters. The van der Waals surface area contributed by atoms with Crippen LogP contribution in [0.2, 0.25) is 0 Å². The first-order chi connectivity index (χ1) is 8.77. The molecule has 0 radical (unpaired) electrons.